The summed E-state index contributed by atoms with van der Waals surface area (Å²) >= 11 is 0. The van der Waals surface area contributed by atoms with Crippen molar-refractivity contribution in [3.05, 3.63) is 29.3 Å². The summed E-state index contributed by atoms with van der Waals surface area (Å²) in [7, 11) is 0. The Kier molecular flexibility index (Phi) is 2.64. The van der Waals surface area contributed by atoms with Gasteiger partial charge in [-0.05, 0) is 37.1 Å². The van der Waals surface area contributed by atoms with Crippen molar-refractivity contribution in [3.8, 4) is 0 Å². The van der Waals surface area contributed by atoms with Crippen molar-refractivity contribution in [2.75, 3.05) is 11.4 Å². The normalized spacial score (nSPS) is 15.6. The highest BCUT2D eigenvalue weighted by Gasteiger charge is 2.22. The number of anilines is 1. The molecular weight excluding hydrogens is 204 g/mol. The van der Waals surface area contributed by atoms with Gasteiger partial charge in [-0.3, -0.25) is 9.59 Å². The van der Waals surface area contributed by atoms with Gasteiger partial charge in [-0.2, -0.15) is 0 Å². The molecule has 0 bridgehead atoms. The Bertz CT molecular complexity index is 454. The van der Waals surface area contributed by atoms with Crippen molar-refractivity contribution in [1.29, 1.82) is 0 Å². The molecule has 1 heterocycles. The second-order valence-corrected chi connectivity index (χ2v) is 4.01. The summed E-state index contributed by atoms with van der Waals surface area (Å²) in [5.74, 6) is -0.289. The van der Waals surface area contributed by atoms with Crippen LogP contribution >= 0.6 is 0 Å². The van der Waals surface area contributed by atoms with Crippen molar-refractivity contribution in [3.63, 3.8) is 0 Å². The predicted molar refractivity (Wildman–Crippen MR) is 61.3 cm³/mol. The van der Waals surface area contributed by atoms with Gasteiger partial charge in [-0.25, -0.2) is 0 Å². The van der Waals surface area contributed by atoms with Crippen LogP contribution in [0.15, 0.2) is 18.2 Å². The molecule has 2 amide bonds. The van der Waals surface area contributed by atoms with Gasteiger partial charge in [-0.15, -0.1) is 0 Å². The molecule has 1 fully saturated rings. The number of nitrogens with two attached hydrogens (primary N) is 1. The molecule has 0 aromatic heterocycles. The minimum atomic E-state index is -0.434. The first-order valence-corrected chi connectivity index (χ1v) is 5.30. The number of carbonyl (C=O) groups is 2. The van der Waals surface area contributed by atoms with Crippen molar-refractivity contribution in [1.82, 2.24) is 0 Å². The van der Waals surface area contributed by atoms with Crippen LogP contribution in [0.4, 0.5) is 5.69 Å². The van der Waals surface area contributed by atoms with E-state index < -0.39 is 5.91 Å². The Morgan fingerprint density at radius 1 is 1.44 bits per heavy atom. The molecule has 0 aliphatic carbocycles. The molecule has 2 rings (SSSR count). The summed E-state index contributed by atoms with van der Waals surface area (Å²) in [4.78, 5) is 24.3. The summed E-state index contributed by atoms with van der Waals surface area (Å²) < 4.78 is 0. The van der Waals surface area contributed by atoms with Crippen molar-refractivity contribution >= 4 is 17.5 Å². The summed E-state index contributed by atoms with van der Waals surface area (Å²) in [6, 6.07) is 5.29. The van der Waals surface area contributed by atoms with Crippen molar-refractivity contribution < 1.29 is 9.59 Å². The molecule has 1 aromatic carbocycles. The molecule has 2 N–H and O–H groups in total. The summed E-state index contributed by atoms with van der Waals surface area (Å²) in [6.07, 6.45) is 1.51. The van der Waals surface area contributed by atoms with E-state index in [2.05, 4.69) is 0 Å². The maximum Gasteiger partial charge on any atom is 0.248 e. The Morgan fingerprint density at radius 2 is 2.19 bits per heavy atom. The lowest BCUT2D eigenvalue weighted by Gasteiger charge is -2.16. The number of hydrogen-bond donors (Lipinski definition) is 1. The lowest BCUT2D eigenvalue weighted by Crippen LogP contribution is -2.24. The highest BCUT2D eigenvalue weighted by molar-refractivity contribution is 5.98. The highest BCUT2D eigenvalue weighted by Crippen LogP contribution is 2.23. The highest BCUT2D eigenvalue weighted by atomic mass is 16.2. The van der Waals surface area contributed by atoms with Gasteiger partial charge in [0.2, 0.25) is 11.8 Å². The molecule has 0 spiro atoms. The molecule has 1 saturated heterocycles. The van der Waals surface area contributed by atoms with E-state index >= 15 is 0 Å². The van der Waals surface area contributed by atoms with Gasteiger partial charge in [0.1, 0.15) is 0 Å². The fraction of sp³-hybridized carbons (Fsp3) is 0.333. The lowest BCUT2D eigenvalue weighted by molar-refractivity contribution is -0.117. The number of primary amides is 1. The first kappa shape index (κ1) is 10.7. The van der Waals surface area contributed by atoms with Crippen LogP contribution in [0, 0.1) is 6.92 Å². The van der Waals surface area contributed by atoms with Crippen LogP contribution in [0.1, 0.15) is 28.8 Å². The largest absolute Gasteiger partial charge is 0.366 e. The van der Waals surface area contributed by atoms with Gasteiger partial charge in [0.15, 0.2) is 0 Å². The fourth-order valence-corrected chi connectivity index (χ4v) is 2.01. The van der Waals surface area contributed by atoms with Crippen LogP contribution < -0.4 is 10.6 Å². The summed E-state index contributed by atoms with van der Waals surface area (Å²) in [5, 5.41) is 0. The van der Waals surface area contributed by atoms with Crippen LogP contribution in [0.3, 0.4) is 0 Å². The number of aryl methyl sites for hydroxylation is 1. The average Bonchev–Trinajstić information content (AvgIpc) is 2.63. The monoisotopic (exact) mass is 218 g/mol. The minimum Gasteiger partial charge on any atom is -0.366 e. The topological polar surface area (TPSA) is 63.4 Å². The maximum atomic E-state index is 11.5. The molecule has 0 radical (unpaired) electrons. The first-order chi connectivity index (χ1) is 7.59. The Labute approximate surface area is 94.0 Å². The number of benzene rings is 1. The maximum absolute atomic E-state index is 11.5. The van der Waals surface area contributed by atoms with Gasteiger partial charge in [-0.1, -0.05) is 0 Å². The molecule has 4 heteroatoms. The minimum absolute atomic E-state index is 0.145. The second kappa shape index (κ2) is 3.96. The van der Waals surface area contributed by atoms with Crippen LogP contribution in [0.25, 0.3) is 0 Å². The molecule has 0 unspecified atom stereocenters. The van der Waals surface area contributed by atoms with Crippen LogP contribution in [-0.2, 0) is 4.79 Å². The summed E-state index contributed by atoms with van der Waals surface area (Å²) in [6.45, 7) is 2.58. The van der Waals surface area contributed by atoms with E-state index in [1.54, 1.807) is 17.0 Å². The van der Waals surface area contributed by atoms with Crippen molar-refractivity contribution in [2.24, 2.45) is 5.73 Å². The summed E-state index contributed by atoms with van der Waals surface area (Å²) in [5.41, 5.74) is 7.40. The molecule has 4 nitrogen and oxygen atoms in total. The Hall–Kier alpha value is -1.84. The standard InChI is InChI=1S/C12H14N2O2/c1-8-7-9(4-5-10(8)12(13)16)14-6-2-3-11(14)15/h4-5,7H,2-3,6H2,1H3,(H2,13,16). The van der Waals surface area contributed by atoms with Crippen LogP contribution in [-0.4, -0.2) is 18.4 Å². The smallest absolute Gasteiger partial charge is 0.248 e. The van der Waals surface area contributed by atoms with Gasteiger partial charge in [0, 0.05) is 24.2 Å². The molecule has 0 saturated carbocycles. The van der Waals surface area contributed by atoms with Crippen molar-refractivity contribution in [2.45, 2.75) is 19.8 Å². The van der Waals surface area contributed by atoms with E-state index in [4.69, 9.17) is 5.73 Å². The quantitative estimate of drug-likeness (QED) is 0.811. The number of carbonyl (C=O) groups excluding carboxylic acids is 2. The average molecular weight is 218 g/mol. The van der Waals surface area contributed by atoms with Gasteiger partial charge >= 0.3 is 0 Å². The van der Waals surface area contributed by atoms with E-state index in [1.165, 1.54) is 0 Å². The first-order valence-electron chi connectivity index (χ1n) is 5.30. The number of nitrogens with zero attached hydrogens (tertiary/aromatic N) is 1. The van der Waals surface area contributed by atoms with E-state index in [1.807, 2.05) is 13.0 Å². The van der Waals surface area contributed by atoms with E-state index in [-0.39, 0.29) is 5.91 Å². The fourth-order valence-electron chi connectivity index (χ4n) is 2.01. The third kappa shape index (κ3) is 1.78. The van der Waals surface area contributed by atoms with E-state index in [9.17, 15) is 9.59 Å². The SMILES string of the molecule is Cc1cc(N2CCCC2=O)ccc1C(N)=O. The van der Waals surface area contributed by atoms with Gasteiger partial charge < -0.3 is 10.6 Å². The number of rotatable bonds is 2. The van der Waals surface area contributed by atoms with Gasteiger partial charge in [0.25, 0.3) is 0 Å². The van der Waals surface area contributed by atoms with E-state index in [0.29, 0.717) is 12.0 Å². The predicted octanol–water partition coefficient (Wildman–Crippen LogP) is 1.22. The molecular formula is C12H14N2O2. The zero-order valence-electron chi connectivity index (χ0n) is 9.19. The second-order valence-electron chi connectivity index (χ2n) is 4.01. The molecule has 1 aromatic rings. The van der Waals surface area contributed by atoms with Crippen LogP contribution in [0.5, 0.6) is 0 Å². The molecule has 0 atom stereocenters. The molecule has 1 aliphatic rings. The number of hydrogen-bond acceptors (Lipinski definition) is 2. The third-order valence-corrected chi connectivity index (χ3v) is 2.86. The Morgan fingerprint density at radius 3 is 2.69 bits per heavy atom. The number of amides is 2. The van der Waals surface area contributed by atoms with Gasteiger partial charge in [0.05, 0.1) is 0 Å². The Balaban J connectivity index is 2.34. The molecule has 1 aliphatic heterocycles. The zero-order chi connectivity index (χ0) is 11.7. The van der Waals surface area contributed by atoms with E-state index in [0.717, 1.165) is 24.2 Å². The zero-order valence-corrected chi connectivity index (χ0v) is 9.19. The third-order valence-electron chi connectivity index (χ3n) is 2.86. The van der Waals surface area contributed by atoms with Crippen LogP contribution in [0.2, 0.25) is 0 Å². The molecule has 16 heavy (non-hydrogen) atoms. The molecule has 84 valence electrons. The lowest BCUT2D eigenvalue weighted by atomic mass is 10.1.